The van der Waals surface area contributed by atoms with Crippen molar-refractivity contribution in [3.8, 4) is 5.75 Å². The van der Waals surface area contributed by atoms with Gasteiger partial charge in [0.05, 0.1) is 22.3 Å². The van der Waals surface area contributed by atoms with Crippen LogP contribution in [-0.4, -0.2) is 19.2 Å². The Morgan fingerprint density at radius 1 is 1.16 bits per heavy atom. The Labute approximate surface area is 168 Å². The summed E-state index contributed by atoms with van der Waals surface area (Å²) in [5.41, 5.74) is 3.87. The summed E-state index contributed by atoms with van der Waals surface area (Å²) in [6.07, 6.45) is 1.54. The van der Waals surface area contributed by atoms with Gasteiger partial charge in [-0.3, -0.25) is 4.79 Å². The van der Waals surface area contributed by atoms with Gasteiger partial charge in [0.1, 0.15) is 11.3 Å². The fourth-order valence-corrected chi connectivity index (χ4v) is 4.07. The molecule has 1 heterocycles. The number of amides is 1. The van der Waals surface area contributed by atoms with Gasteiger partial charge < -0.3 is 9.15 Å². The molecule has 25 heavy (non-hydrogen) atoms. The number of fused-ring (bicyclic) bond motifs is 1. The maximum atomic E-state index is 12.2. The van der Waals surface area contributed by atoms with Crippen molar-refractivity contribution in [3.63, 3.8) is 0 Å². The highest BCUT2D eigenvalue weighted by molar-refractivity contribution is 9.11. The van der Waals surface area contributed by atoms with Crippen molar-refractivity contribution in [1.29, 1.82) is 0 Å². The van der Waals surface area contributed by atoms with Gasteiger partial charge in [-0.15, -0.1) is 0 Å². The molecule has 0 bridgehead atoms. The lowest BCUT2D eigenvalue weighted by Crippen LogP contribution is -2.16. The van der Waals surface area contributed by atoms with Crippen molar-refractivity contribution < 1.29 is 13.9 Å². The van der Waals surface area contributed by atoms with Gasteiger partial charge in [-0.2, -0.15) is 5.10 Å². The van der Waals surface area contributed by atoms with Crippen molar-refractivity contribution in [2.24, 2.45) is 5.10 Å². The Morgan fingerprint density at radius 2 is 1.96 bits per heavy atom. The number of hydrazone groups is 1. The molecule has 1 amide bonds. The molecule has 0 aliphatic rings. The van der Waals surface area contributed by atoms with Crippen LogP contribution in [0.4, 0.5) is 0 Å². The van der Waals surface area contributed by atoms with Crippen molar-refractivity contribution in [1.82, 2.24) is 5.43 Å². The van der Waals surface area contributed by atoms with Crippen molar-refractivity contribution in [2.75, 3.05) is 7.11 Å². The van der Waals surface area contributed by atoms with E-state index in [1.165, 1.54) is 6.21 Å². The van der Waals surface area contributed by atoms with Gasteiger partial charge in [-0.05, 0) is 73.8 Å². The van der Waals surface area contributed by atoms with Crippen LogP contribution < -0.4 is 10.2 Å². The van der Waals surface area contributed by atoms with E-state index in [-0.39, 0.29) is 5.76 Å². The summed E-state index contributed by atoms with van der Waals surface area (Å²) in [5, 5.41) is 4.77. The summed E-state index contributed by atoms with van der Waals surface area (Å²) in [6, 6.07) is 10.9. The second-order valence-electron chi connectivity index (χ2n) is 5.01. The zero-order valence-corrected chi connectivity index (χ0v) is 17.6. The average molecular weight is 531 g/mol. The van der Waals surface area contributed by atoms with Gasteiger partial charge in [0, 0.05) is 9.86 Å². The van der Waals surface area contributed by atoms with E-state index in [4.69, 9.17) is 9.15 Å². The number of nitrogens with one attached hydrogen (secondary N) is 1. The first kappa shape index (κ1) is 18.2. The lowest BCUT2D eigenvalue weighted by molar-refractivity contribution is 0.0929. The predicted octanol–water partition coefficient (Wildman–Crippen LogP) is 5.49. The summed E-state index contributed by atoms with van der Waals surface area (Å²) in [6.45, 7) is 0. The Kier molecular flexibility index (Phi) is 5.61. The van der Waals surface area contributed by atoms with E-state index in [0.717, 1.165) is 30.1 Å². The quantitative estimate of drug-likeness (QED) is 0.358. The van der Waals surface area contributed by atoms with Gasteiger partial charge in [-0.25, -0.2) is 5.43 Å². The fourth-order valence-electron chi connectivity index (χ4n) is 2.17. The van der Waals surface area contributed by atoms with E-state index in [9.17, 15) is 4.79 Å². The number of carbonyl (C=O) groups excluding carboxylic acids is 1. The topological polar surface area (TPSA) is 63.8 Å². The number of carbonyl (C=O) groups is 1. The van der Waals surface area contributed by atoms with E-state index >= 15 is 0 Å². The maximum Gasteiger partial charge on any atom is 0.307 e. The monoisotopic (exact) mass is 528 g/mol. The minimum absolute atomic E-state index is 0.182. The fraction of sp³-hybridized carbons (Fsp3) is 0.0588. The van der Waals surface area contributed by atoms with Crippen LogP contribution in [0.2, 0.25) is 0 Å². The van der Waals surface area contributed by atoms with Crippen LogP contribution in [0.5, 0.6) is 5.75 Å². The number of hydrogen-bond donors (Lipinski definition) is 1. The number of benzene rings is 2. The molecular weight excluding hydrogens is 520 g/mol. The summed E-state index contributed by atoms with van der Waals surface area (Å²) in [5.74, 6) is 0.477. The largest absolute Gasteiger partial charge is 0.496 e. The number of methoxy groups -OCH3 is 1. The van der Waals surface area contributed by atoms with Crippen LogP contribution >= 0.6 is 47.8 Å². The number of ether oxygens (including phenoxy) is 1. The third-order valence-corrected chi connectivity index (χ3v) is 4.98. The molecule has 0 aliphatic heterocycles. The Bertz CT molecular complexity index is 983. The van der Waals surface area contributed by atoms with Crippen LogP contribution in [-0.2, 0) is 0 Å². The second kappa shape index (κ2) is 7.72. The third kappa shape index (κ3) is 4.13. The molecule has 0 atom stereocenters. The van der Waals surface area contributed by atoms with Gasteiger partial charge in [0.25, 0.3) is 0 Å². The lowest BCUT2D eigenvalue weighted by Gasteiger charge is -2.03. The van der Waals surface area contributed by atoms with Crippen molar-refractivity contribution in [3.05, 3.63) is 61.1 Å². The van der Waals surface area contributed by atoms with Crippen LogP contribution in [0.3, 0.4) is 0 Å². The zero-order chi connectivity index (χ0) is 18.0. The third-order valence-electron chi connectivity index (χ3n) is 3.32. The number of rotatable bonds is 4. The molecule has 128 valence electrons. The van der Waals surface area contributed by atoms with E-state index in [1.54, 1.807) is 13.2 Å². The molecule has 5 nitrogen and oxygen atoms in total. The molecular formula is C17H11Br3N2O3. The number of halogens is 3. The van der Waals surface area contributed by atoms with E-state index in [0.29, 0.717) is 5.58 Å². The molecule has 8 heteroatoms. The highest BCUT2D eigenvalue weighted by Crippen LogP contribution is 2.31. The summed E-state index contributed by atoms with van der Waals surface area (Å²) in [7, 11) is 1.60. The first-order chi connectivity index (χ1) is 12.0. The zero-order valence-electron chi connectivity index (χ0n) is 12.8. The SMILES string of the molecule is COc1ccc(/C=N\NC(=O)c2cc3cc(Br)cc(Br)c3o2)cc1Br. The Balaban J connectivity index is 1.74. The first-order valence-corrected chi connectivity index (χ1v) is 9.41. The molecule has 0 fully saturated rings. The van der Waals surface area contributed by atoms with E-state index < -0.39 is 5.91 Å². The predicted molar refractivity (Wildman–Crippen MR) is 107 cm³/mol. The molecule has 0 spiro atoms. The average Bonchev–Trinajstić information content (AvgIpc) is 2.99. The molecule has 0 radical (unpaired) electrons. The highest BCUT2D eigenvalue weighted by Gasteiger charge is 2.14. The van der Waals surface area contributed by atoms with Crippen LogP contribution in [0, 0.1) is 0 Å². The van der Waals surface area contributed by atoms with Crippen molar-refractivity contribution in [2.45, 2.75) is 0 Å². The lowest BCUT2D eigenvalue weighted by atomic mass is 10.2. The van der Waals surface area contributed by atoms with E-state index in [1.807, 2.05) is 30.3 Å². The smallest absolute Gasteiger partial charge is 0.307 e. The highest BCUT2D eigenvalue weighted by atomic mass is 79.9. The molecule has 0 saturated carbocycles. The van der Waals surface area contributed by atoms with Crippen LogP contribution in [0.15, 0.2) is 59.3 Å². The molecule has 0 aliphatic carbocycles. The van der Waals surface area contributed by atoms with Gasteiger partial charge in [0.15, 0.2) is 5.76 Å². The molecule has 2 aromatic carbocycles. The summed E-state index contributed by atoms with van der Waals surface area (Å²) < 4.78 is 13.2. The molecule has 1 N–H and O–H groups in total. The molecule has 3 rings (SSSR count). The minimum Gasteiger partial charge on any atom is -0.496 e. The maximum absolute atomic E-state index is 12.2. The minimum atomic E-state index is -0.428. The van der Waals surface area contributed by atoms with Crippen LogP contribution in [0.1, 0.15) is 16.1 Å². The van der Waals surface area contributed by atoms with Gasteiger partial charge >= 0.3 is 5.91 Å². The number of hydrogen-bond acceptors (Lipinski definition) is 4. The normalized spacial score (nSPS) is 11.2. The van der Waals surface area contributed by atoms with Gasteiger partial charge in [-0.1, -0.05) is 15.9 Å². The summed E-state index contributed by atoms with van der Waals surface area (Å²) in [4.78, 5) is 12.2. The first-order valence-electron chi connectivity index (χ1n) is 7.03. The second-order valence-corrected chi connectivity index (χ2v) is 7.63. The molecule has 0 saturated heterocycles. The standard InChI is InChI=1S/C17H11Br3N2O3/c1-24-14-3-2-9(4-12(14)19)8-21-22-17(23)15-6-10-5-11(18)7-13(20)16(10)25-15/h2-8H,1H3,(H,22,23)/b21-8-. The Morgan fingerprint density at radius 3 is 2.68 bits per heavy atom. The summed E-state index contributed by atoms with van der Waals surface area (Å²) >= 11 is 10.2. The van der Waals surface area contributed by atoms with Gasteiger partial charge in [0.2, 0.25) is 0 Å². The molecule has 0 unspecified atom stereocenters. The Hall–Kier alpha value is -1.64. The van der Waals surface area contributed by atoms with E-state index in [2.05, 4.69) is 58.3 Å². The molecule has 1 aromatic heterocycles. The van der Waals surface area contributed by atoms with Crippen molar-refractivity contribution >= 4 is 70.9 Å². The van der Waals surface area contributed by atoms with Crippen LogP contribution in [0.25, 0.3) is 11.0 Å². The number of nitrogens with zero attached hydrogens (tertiary/aromatic N) is 1. The molecule has 3 aromatic rings. The number of furan rings is 1.